The van der Waals surface area contributed by atoms with Crippen LogP contribution in [-0.4, -0.2) is 24.5 Å². The van der Waals surface area contributed by atoms with Crippen molar-refractivity contribution in [3.05, 3.63) is 95.1 Å². The molecule has 0 radical (unpaired) electrons. The van der Waals surface area contributed by atoms with Gasteiger partial charge in [-0.1, -0.05) is 84.1 Å². The van der Waals surface area contributed by atoms with Crippen molar-refractivity contribution >= 4 is 32.6 Å². The Morgan fingerprint density at radius 3 is 2.07 bits per heavy atom. The number of hydrogen-bond donors (Lipinski definition) is 1. The summed E-state index contributed by atoms with van der Waals surface area (Å²) >= 11 is 1.63. The Balaban J connectivity index is 1.54. The molecule has 1 heterocycles. The quantitative estimate of drug-likeness (QED) is 0.467. The number of nitrogens with zero attached hydrogens (tertiary/aromatic N) is 2. The molecular formula is C25H25N3OS. The summed E-state index contributed by atoms with van der Waals surface area (Å²) in [5.41, 5.74) is 5.51. The van der Waals surface area contributed by atoms with Crippen molar-refractivity contribution in [2.24, 2.45) is 0 Å². The third-order valence-electron chi connectivity index (χ3n) is 5.21. The van der Waals surface area contributed by atoms with E-state index in [1.807, 2.05) is 72.6 Å². The number of carbonyl (C=O) groups is 1. The van der Waals surface area contributed by atoms with E-state index in [4.69, 9.17) is 4.98 Å². The van der Waals surface area contributed by atoms with Crippen LogP contribution < -0.4 is 10.2 Å². The highest BCUT2D eigenvalue weighted by Crippen LogP contribution is 2.32. The molecule has 3 aromatic carbocycles. The Hall–Kier alpha value is -3.18. The normalized spacial score (nSPS) is 11.1. The Morgan fingerprint density at radius 1 is 0.933 bits per heavy atom. The highest BCUT2D eigenvalue weighted by Gasteiger charge is 2.19. The van der Waals surface area contributed by atoms with Crippen molar-refractivity contribution in [1.29, 1.82) is 0 Å². The average Bonchev–Trinajstić information content (AvgIpc) is 3.23. The third-order valence-corrected chi connectivity index (χ3v) is 6.51. The lowest BCUT2D eigenvalue weighted by atomic mass is 9.99. The minimum Gasteiger partial charge on any atom is -0.344 e. The van der Waals surface area contributed by atoms with E-state index in [-0.39, 0.29) is 18.5 Å². The number of anilines is 1. The number of rotatable bonds is 6. The second-order valence-electron chi connectivity index (χ2n) is 7.55. The van der Waals surface area contributed by atoms with Crippen LogP contribution >= 0.6 is 11.3 Å². The van der Waals surface area contributed by atoms with E-state index in [1.165, 1.54) is 10.3 Å². The molecule has 0 aliphatic rings. The molecule has 152 valence electrons. The van der Waals surface area contributed by atoms with Gasteiger partial charge in [-0.3, -0.25) is 4.79 Å². The number of likely N-dealkylation sites (N-methyl/N-ethyl adjacent to an activating group) is 1. The highest BCUT2D eigenvalue weighted by atomic mass is 32.1. The van der Waals surface area contributed by atoms with Gasteiger partial charge in [-0.15, -0.1) is 0 Å². The lowest BCUT2D eigenvalue weighted by molar-refractivity contribution is -0.120. The number of fused-ring (bicyclic) bond motifs is 1. The monoisotopic (exact) mass is 415 g/mol. The van der Waals surface area contributed by atoms with Crippen molar-refractivity contribution in [1.82, 2.24) is 10.3 Å². The summed E-state index contributed by atoms with van der Waals surface area (Å²) in [5.74, 6) is -0.0390. The maximum absolute atomic E-state index is 13.0. The van der Waals surface area contributed by atoms with Crippen molar-refractivity contribution < 1.29 is 4.79 Å². The summed E-state index contributed by atoms with van der Waals surface area (Å²) in [6, 6.07) is 24.2. The molecule has 0 fully saturated rings. The van der Waals surface area contributed by atoms with E-state index in [0.29, 0.717) is 0 Å². The molecule has 0 bridgehead atoms. The smallest absolute Gasteiger partial charge is 0.240 e. The van der Waals surface area contributed by atoms with Crippen LogP contribution in [0, 0.1) is 13.8 Å². The number of hydrogen-bond acceptors (Lipinski definition) is 4. The maximum atomic E-state index is 13.0. The van der Waals surface area contributed by atoms with Gasteiger partial charge in [0.15, 0.2) is 5.13 Å². The van der Waals surface area contributed by atoms with Crippen LogP contribution in [0.1, 0.15) is 28.3 Å². The lowest BCUT2D eigenvalue weighted by Crippen LogP contribution is -2.37. The van der Waals surface area contributed by atoms with Gasteiger partial charge in [0.1, 0.15) is 0 Å². The predicted molar refractivity (Wildman–Crippen MR) is 125 cm³/mol. The number of carbonyl (C=O) groups excluding carboxylic acids is 1. The standard InChI is InChI=1S/C25H25N3OS/c1-17-14-15-18(2)24-22(17)27-25(30-24)28(3)16-21(29)26-23(19-10-6-4-7-11-19)20-12-8-5-9-13-20/h4-15,23H,16H2,1-3H3,(H,26,29). The molecule has 4 rings (SSSR count). The van der Waals surface area contributed by atoms with Gasteiger partial charge in [0.25, 0.3) is 0 Å². The van der Waals surface area contributed by atoms with E-state index < -0.39 is 0 Å². The molecule has 0 atom stereocenters. The number of amides is 1. The van der Waals surface area contributed by atoms with Gasteiger partial charge in [-0.25, -0.2) is 4.98 Å². The Morgan fingerprint density at radius 2 is 1.50 bits per heavy atom. The molecule has 0 saturated heterocycles. The molecule has 1 amide bonds. The van der Waals surface area contributed by atoms with Crippen molar-refractivity contribution in [3.8, 4) is 0 Å². The van der Waals surface area contributed by atoms with Crippen LogP contribution in [0.25, 0.3) is 10.2 Å². The largest absolute Gasteiger partial charge is 0.344 e. The van der Waals surface area contributed by atoms with Crippen LogP contribution in [0.3, 0.4) is 0 Å². The van der Waals surface area contributed by atoms with Crippen molar-refractivity contribution in [2.45, 2.75) is 19.9 Å². The first-order valence-electron chi connectivity index (χ1n) is 10.00. The van der Waals surface area contributed by atoms with E-state index in [2.05, 4.69) is 31.3 Å². The highest BCUT2D eigenvalue weighted by molar-refractivity contribution is 7.22. The van der Waals surface area contributed by atoms with Gasteiger partial charge in [0, 0.05) is 7.05 Å². The van der Waals surface area contributed by atoms with Gasteiger partial charge < -0.3 is 10.2 Å². The second kappa shape index (κ2) is 8.67. The third kappa shape index (κ3) is 4.21. The van der Waals surface area contributed by atoms with E-state index in [9.17, 15) is 4.79 Å². The minimum absolute atomic E-state index is 0.0390. The molecule has 1 aromatic heterocycles. The summed E-state index contributed by atoms with van der Waals surface area (Å²) < 4.78 is 1.18. The number of aromatic nitrogens is 1. The molecular weight excluding hydrogens is 390 g/mol. The number of benzene rings is 3. The van der Waals surface area contributed by atoms with Crippen LogP contribution in [0.2, 0.25) is 0 Å². The fourth-order valence-electron chi connectivity index (χ4n) is 3.55. The molecule has 1 N–H and O–H groups in total. The first-order chi connectivity index (χ1) is 14.5. The molecule has 0 aliphatic heterocycles. The maximum Gasteiger partial charge on any atom is 0.240 e. The summed E-state index contributed by atoms with van der Waals surface area (Å²) in [4.78, 5) is 19.7. The molecule has 4 nitrogen and oxygen atoms in total. The summed E-state index contributed by atoms with van der Waals surface area (Å²) in [7, 11) is 1.92. The summed E-state index contributed by atoms with van der Waals surface area (Å²) in [6.45, 7) is 4.41. The molecule has 0 spiro atoms. The van der Waals surface area contributed by atoms with Gasteiger partial charge in [-0.2, -0.15) is 0 Å². The average molecular weight is 416 g/mol. The fourth-order valence-corrected chi connectivity index (χ4v) is 4.62. The Kier molecular flexibility index (Phi) is 5.81. The lowest BCUT2D eigenvalue weighted by Gasteiger charge is -2.22. The van der Waals surface area contributed by atoms with Crippen molar-refractivity contribution in [2.75, 3.05) is 18.5 Å². The van der Waals surface area contributed by atoms with Crippen LogP contribution in [0.15, 0.2) is 72.8 Å². The Bertz CT molecular complexity index is 1080. The number of aryl methyl sites for hydroxylation is 2. The zero-order chi connectivity index (χ0) is 21.1. The number of thiazole rings is 1. The minimum atomic E-state index is -0.187. The fraction of sp³-hybridized carbons (Fsp3) is 0.200. The molecule has 0 unspecified atom stereocenters. The number of nitrogens with one attached hydrogen (secondary N) is 1. The topological polar surface area (TPSA) is 45.2 Å². The molecule has 30 heavy (non-hydrogen) atoms. The first kappa shape index (κ1) is 20.1. The summed E-state index contributed by atoms with van der Waals surface area (Å²) in [6.07, 6.45) is 0. The van der Waals surface area contributed by atoms with Gasteiger partial charge >= 0.3 is 0 Å². The Labute approximate surface area is 181 Å². The molecule has 0 saturated carbocycles. The zero-order valence-electron chi connectivity index (χ0n) is 17.4. The van der Waals surface area contributed by atoms with Crippen LogP contribution in [-0.2, 0) is 4.79 Å². The summed E-state index contributed by atoms with van der Waals surface area (Å²) in [5, 5.41) is 4.06. The van der Waals surface area contributed by atoms with Crippen LogP contribution in [0.5, 0.6) is 0 Å². The molecule has 0 aliphatic carbocycles. The molecule has 5 heteroatoms. The van der Waals surface area contributed by atoms with E-state index in [0.717, 1.165) is 27.3 Å². The van der Waals surface area contributed by atoms with Gasteiger partial charge in [-0.05, 0) is 36.1 Å². The zero-order valence-corrected chi connectivity index (χ0v) is 18.2. The van der Waals surface area contributed by atoms with E-state index >= 15 is 0 Å². The van der Waals surface area contributed by atoms with Crippen molar-refractivity contribution in [3.63, 3.8) is 0 Å². The second-order valence-corrected chi connectivity index (χ2v) is 8.53. The van der Waals surface area contributed by atoms with Gasteiger partial charge in [0.05, 0.1) is 22.8 Å². The van der Waals surface area contributed by atoms with E-state index in [1.54, 1.807) is 11.3 Å². The SMILES string of the molecule is Cc1ccc(C)c2sc(N(C)CC(=O)NC(c3ccccc3)c3ccccc3)nc12. The first-order valence-corrected chi connectivity index (χ1v) is 10.8. The van der Waals surface area contributed by atoms with Crippen LogP contribution in [0.4, 0.5) is 5.13 Å². The van der Waals surface area contributed by atoms with Gasteiger partial charge in [0.2, 0.25) is 5.91 Å². The predicted octanol–water partition coefficient (Wildman–Crippen LogP) is 5.26. The molecule has 4 aromatic rings.